The topological polar surface area (TPSA) is 95.1 Å². The molecule has 0 aliphatic carbocycles. The molecule has 0 aliphatic heterocycles. The monoisotopic (exact) mass is 191 g/mol. The van der Waals surface area contributed by atoms with Gasteiger partial charge in [0.05, 0.1) is 18.7 Å². The van der Waals surface area contributed by atoms with E-state index in [-0.39, 0.29) is 25.4 Å². The molecule has 0 saturated carbocycles. The number of carbonyl (C=O) groups excluding carboxylic acids is 1. The molecule has 1 amide bonds. The van der Waals surface area contributed by atoms with Gasteiger partial charge in [0.2, 0.25) is 5.91 Å². The Labute approximate surface area is 75.5 Å². The zero-order valence-electron chi connectivity index (χ0n) is 6.32. The number of nitrogens with zero attached hydrogens (tertiary/aromatic N) is 1. The Balaban J connectivity index is 0.00000121. The lowest BCUT2D eigenvalue weighted by atomic mass is 10.3. The minimum atomic E-state index is -0.429. The minimum Gasteiger partial charge on any atom is -0.369 e. The lowest BCUT2D eigenvalue weighted by Crippen LogP contribution is -2.13. The van der Waals surface area contributed by atoms with Crippen LogP contribution in [-0.2, 0) is 17.8 Å². The molecule has 1 aromatic heterocycles. The van der Waals surface area contributed by atoms with Crippen molar-refractivity contribution in [1.82, 2.24) is 5.16 Å². The van der Waals surface area contributed by atoms with Crippen LogP contribution in [0.25, 0.3) is 0 Å². The van der Waals surface area contributed by atoms with Gasteiger partial charge < -0.3 is 16.0 Å². The van der Waals surface area contributed by atoms with Gasteiger partial charge in [-0.2, -0.15) is 0 Å². The summed E-state index contributed by atoms with van der Waals surface area (Å²) in [6.45, 7) is 0.283. The summed E-state index contributed by atoms with van der Waals surface area (Å²) < 4.78 is 4.73. The van der Waals surface area contributed by atoms with E-state index < -0.39 is 5.91 Å². The van der Waals surface area contributed by atoms with Gasteiger partial charge in [0.15, 0.2) is 5.76 Å². The van der Waals surface area contributed by atoms with Crippen LogP contribution in [0.1, 0.15) is 11.5 Å². The van der Waals surface area contributed by atoms with Crippen LogP contribution in [0.3, 0.4) is 0 Å². The van der Waals surface area contributed by atoms with Crippen LogP contribution in [0.4, 0.5) is 0 Å². The average molecular weight is 192 g/mol. The largest absolute Gasteiger partial charge is 0.369 e. The molecule has 0 aromatic carbocycles. The zero-order chi connectivity index (χ0) is 8.27. The quantitative estimate of drug-likeness (QED) is 0.679. The summed E-state index contributed by atoms with van der Waals surface area (Å²) in [7, 11) is 0. The molecule has 0 spiro atoms. The standard InChI is InChI=1S/C6H9N3O2.ClH/c7-3-5-1-4(9-11-5)2-6(8)10;/h1H,2-3,7H2,(H2,8,10);1H. The molecule has 6 heteroatoms. The first kappa shape index (κ1) is 10.9. The maximum Gasteiger partial charge on any atom is 0.223 e. The smallest absolute Gasteiger partial charge is 0.223 e. The number of primary amides is 1. The molecule has 0 radical (unpaired) electrons. The SMILES string of the molecule is Cl.NCc1cc(CC(N)=O)no1. The Morgan fingerprint density at radius 3 is 2.75 bits per heavy atom. The molecule has 1 rings (SSSR count). The Bertz CT molecular complexity index is 261. The molecule has 5 nitrogen and oxygen atoms in total. The predicted molar refractivity (Wildman–Crippen MR) is 44.5 cm³/mol. The van der Waals surface area contributed by atoms with Gasteiger partial charge in [-0.15, -0.1) is 12.4 Å². The number of rotatable bonds is 3. The number of carbonyl (C=O) groups is 1. The lowest BCUT2D eigenvalue weighted by molar-refractivity contribution is -0.117. The molecule has 0 fully saturated rings. The Hall–Kier alpha value is -1.07. The molecule has 4 N–H and O–H groups in total. The normalized spacial score (nSPS) is 9.08. The first-order chi connectivity index (χ1) is 5.22. The van der Waals surface area contributed by atoms with Gasteiger partial charge in [-0.25, -0.2) is 0 Å². The van der Waals surface area contributed by atoms with Gasteiger partial charge in [-0.3, -0.25) is 4.79 Å². The van der Waals surface area contributed by atoms with Crippen LogP contribution in [0, 0.1) is 0 Å². The van der Waals surface area contributed by atoms with Crippen molar-refractivity contribution in [3.63, 3.8) is 0 Å². The average Bonchev–Trinajstić information content (AvgIpc) is 2.34. The summed E-state index contributed by atoms with van der Waals surface area (Å²) in [4.78, 5) is 10.4. The molecule has 1 heterocycles. The fourth-order valence-corrected chi connectivity index (χ4v) is 0.714. The second-order valence-corrected chi connectivity index (χ2v) is 2.13. The second kappa shape index (κ2) is 4.74. The molecular formula is C6H10ClN3O2. The zero-order valence-corrected chi connectivity index (χ0v) is 7.13. The van der Waals surface area contributed by atoms with Gasteiger partial charge in [0, 0.05) is 6.07 Å². The van der Waals surface area contributed by atoms with Gasteiger partial charge >= 0.3 is 0 Å². The van der Waals surface area contributed by atoms with Crippen LogP contribution >= 0.6 is 12.4 Å². The summed E-state index contributed by atoms with van der Waals surface area (Å²) in [6, 6.07) is 1.62. The van der Waals surface area contributed by atoms with E-state index in [0.717, 1.165) is 0 Å². The highest BCUT2D eigenvalue weighted by molar-refractivity contribution is 5.85. The predicted octanol–water partition coefficient (Wildman–Crippen LogP) is -0.417. The van der Waals surface area contributed by atoms with Crippen LogP contribution < -0.4 is 11.5 Å². The molecule has 0 atom stereocenters. The number of hydrogen-bond acceptors (Lipinski definition) is 4. The minimum absolute atomic E-state index is 0. The molecule has 0 unspecified atom stereocenters. The highest BCUT2D eigenvalue weighted by Crippen LogP contribution is 2.02. The summed E-state index contributed by atoms with van der Waals surface area (Å²) in [5.74, 6) is 0.128. The highest BCUT2D eigenvalue weighted by Gasteiger charge is 2.04. The van der Waals surface area contributed by atoms with Crippen molar-refractivity contribution in [2.24, 2.45) is 11.5 Å². The second-order valence-electron chi connectivity index (χ2n) is 2.13. The molecule has 0 aliphatic rings. The van der Waals surface area contributed by atoms with Gasteiger partial charge in [0.25, 0.3) is 0 Å². The molecule has 0 saturated heterocycles. The molecule has 12 heavy (non-hydrogen) atoms. The number of aromatic nitrogens is 1. The molecule has 0 bridgehead atoms. The third-order valence-electron chi connectivity index (χ3n) is 1.16. The van der Waals surface area contributed by atoms with Gasteiger partial charge in [0.1, 0.15) is 0 Å². The molecular weight excluding hydrogens is 182 g/mol. The van der Waals surface area contributed by atoms with Gasteiger partial charge in [-0.1, -0.05) is 5.16 Å². The number of nitrogens with two attached hydrogens (primary N) is 2. The maximum absolute atomic E-state index is 10.4. The number of amides is 1. The van der Waals surface area contributed by atoms with E-state index in [9.17, 15) is 4.79 Å². The van der Waals surface area contributed by atoms with E-state index in [4.69, 9.17) is 16.0 Å². The molecule has 68 valence electrons. The third-order valence-corrected chi connectivity index (χ3v) is 1.16. The van der Waals surface area contributed by atoms with Crippen molar-refractivity contribution >= 4 is 18.3 Å². The van der Waals surface area contributed by atoms with Crippen molar-refractivity contribution in [3.8, 4) is 0 Å². The van der Waals surface area contributed by atoms with E-state index in [1.165, 1.54) is 0 Å². The Kier molecular flexibility index (Phi) is 4.31. The van der Waals surface area contributed by atoms with Crippen molar-refractivity contribution in [1.29, 1.82) is 0 Å². The van der Waals surface area contributed by atoms with Crippen molar-refractivity contribution in [2.75, 3.05) is 0 Å². The van der Waals surface area contributed by atoms with E-state index in [1.807, 2.05) is 0 Å². The van der Waals surface area contributed by atoms with Crippen LogP contribution in [0.15, 0.2) is 10.6 Å². The fraction of sp³-hybridized carbons (Fsp3) is 0.333. The van der Waals surface area contributed by atoms with E-state index in [0.29, 0.717) is 11.5 Å². The van der Waals surface area contributed by atoms with Crippen LogP contribution in [-0.4, -0.2) is 11.1 Å². The Morgan fingerprint density at radius 1 is 1.67 bits per heavy atom. The van der Waals surface area contributed by atoms with Crippen molar-refractivity contribution in [2.45, 2.75) is 13.0 Å². The highest BCUT2D eigenvalue weighted by atomic mass is 35.5. The van der Waals surface area contributed by atoms with Crippen molar-refractivity contribution < 1.29 is 9.32 Å². The van der Waals surface area contributed by atoms with Gasteiger partial charge in [-0.05, 0) is 0 Å². The maximum atomic E-state index is 10.4. The molecule has 1 aromatic rings. The Morgan fingerprint density at radius 2 is 2.33 bits per heavy atom. The fourth-order valence-electron chi connectivity index (χ4n) is 0.714. The van der Waals surface area contributed by atoms with E-state index in [1.54, 1.807) is 6.07 Å². The van der Waals surface area contributed by atoms with Crippen LogP contribution in [0.2, 0.25) is 0 Å². The summed E-state index contributed by atoms with van der Waals surface area (Å²) >= 11 is 0. The van der Waals surface area contributed by atoms with Crippen LogP contribution in [0.5, 0.6) is 0 Å². The number of halogens is 1. The van der Waals surface area contributed by atoms with E-state index >= 15 is 0 Å². The third kappa shape index (κ3) is 2.89. The summed E-state index contributed by atoms with van der Waals surface area (Å²) in [5.41, 5.74) is 10.7. The summed E-state index contributed by atoms with van der Waals surface area (Å²) in [5, 5.41) is 3.57. The first-order valence-corrected chi connectivity index (χ1v) is 3.15. The van der Waals surface area contributed by atoms with E-state index in [2.05, 4.69) is 5.16 Å². The van der Waals surface area contributed by atoms with Crippen molar-refractivity contribution in [3.05, 3.63) is 17.5 Å². The lowest BCUT2D eigenvalue weighted by Gasteiger charge is -1.84. The first-order valence-electron chi connectivity index (χ1n) is 3.15. The summed E-state index contributed by atoms with van der Waals surface area (Å²) in [6.07, 6.45) is 0.101. The number of hydrogen-bond donors (Lipinski definition) is 2.